The summed E-state index contributed by atoms with van der Waals surface area (Å²) in [4.78, 5) is 28.1. The van der Waals surface area contributed by atoms with E-state index in [1.165, 1.54) is 11.1 Å². The lowest BCUT2D eigenvalue weighted by molar-refractivity contribution is -0.143. The maximum Gasteiger partial charge on any atom is 0.225 e. The van der Waals surface area contributed by atoms with Crippen molar-refractivity contribution in [2.75, 3.05) is 13.7 Å². The van der Waals surface area contributed by atoms with Crippen LogP contribution in [0.1, 0.15) is 60.9 Å². The summed E-state index contributed by atoms with van der Waals surface area (Å²) in [5.41, 5.74) is 4.40. The SMILES string of the molecule is CCCCN1C(=O)CCC(C(=O)NCc2ccc(C)cc2C)C1c1ccccc1OC. The van der Waals surface area contributed by atoms with Gasteiger partial charge in [0.2, 0.25) is 11.8 Å². The first kappa shape index (κ1) is 22.9. The van der Waals surface area contributed by atoms with E-state index in [1.54, 1.807) is 7.11 Å². The Hall–Kier alpha value is -2.82. The Morgan fingerprint density at radius 1 is 1.19 bits per heavy atom. The number of aryl methyl sites for hydroxylation is 2. The van der Waals surface area contributed by atoms with Gasteiger partial charge in [-0.15, -0.1) is 0 Å². The van der Waals surface area contributed by atoms with Crippen LogP contribution in [0.25, 0.3) is 0 Å². The molecule has 2 atom stereocenters. The van der Waals surface area contributed by atoms with E-state index in [0.29, 0.717) is 25.9 Å². The van der Waals surface area contributed by atoms with Gasteiger partial charge in [0.25, 0.3) is 0 Å². The maximum atomic E-state index is 13.4. The van der Waals surface area contributed by atoms with Crippen molar-refractivity contribution in [3.05, 3.63) is 64.7 Å². The number of nitrogens with one attached hydrogen (secondary N) is 1. The summed E-state index contributed by atoms with van der Waals surface area (Å²) in [5, 5.41) is 3.14. The number of nitrogens with zero attached hydrogens (tertiary/aromatic N) is 1. The van der Waals surface area contributed by atoms with Gasteiger partial charge in [-0.3, -0.25) is 9.59 Å². The van der Waals surface area contributed by atoms with Crippen LogP contribution in [0.15, 0.2) is 42.5 Å². The molecule has 0 aliphatic carbocycles. The van der Waals surface area contributed by atoms with E-state index >= 15 is 0 Å². The molecular formula is C26H34N2O3. The normalized spacial score (nSPS) is 18.7. The second kappa shape index (κ2) is 10.5. The number of piperidine rings is 1. The summed E-state index contributed by atoms with van der Waals surface area (Å²) in [6.45, 7) is 7.39. The number of carbonyl (C=O) groups excluding carboxylic acids is 2. The lowest BCUT2D eigenvalue weighted by Crippen LogP contribution is -2.48. The highest BCUT2D eigenvalue weighted by atomic mass is 16.5. The maximum absolute atomic E-state index is 13.4. The number of likely N-dealkylation sites (tertiary alicyclic amines) is 1. The molecule has 2 unspecified atom stereocenters. The summed E-state index contributed by atoms with van der Waals surface area (Å²) in [5.74, 6) is 0.514. The van der Waals surface area contributed by atoms with E-state index in [2.05, 4.69) is 44.3 Å². The monoisotopic (exact) mass is 422 g/mol. The topological polar surface area (TPSA) is 58.6 Å². The number of hydrogen-bond donors (Lipinski definition) is 1. The van der Waals surface area contributed by atoms with Crippen molar-refractivity contribution in [1.29, 1.82) is 0 Å². The Balaban J connectivity index is 1.88. The molecular weight excluding hydrogens is 388 g/mol. The fourth-order valence-corrected chi connectivity index (χ4v) is 4.47. The molecule has 0 spiro atoms. The third-order valence-electron chi connectivity index (χ3n) is 6.20. The largest absolute Gasteiger partial charge is 0.496 e. The van der Waals surface area contributed by atoms with Gasteiger partial charge >= 0.3 is 0 Å². The quantitative estimate of drug-likeness (QED) is 0.670. The Bertz CT molecular complexity index is 925. The van der Waals surface area contributed by atoms with E-state index in [0.717, 1.165) is 29.7 Å². The molecule has 2 aromatic carbocycles. The summed E-state index contributed by atoms with van der Waals surface area (Å²) >= 11 is 0. The molecule has 0 saturated carbocycles. The fraction of sp³-hybridized carbons (Fsp3) is 0.462. The van der Waals surface area contributed by atoms with E-state index in [9.17, 15) is 9.59 Å². The van der Waals surface area contributed by atoms with Crippen LogP contribution in [0, 0.1) is 19.8 Å². The van der Waals surface area contributed by atoms with Gasteiger partial charge in [-0.1, -0.05) is 55.3 Å². The molecule has 2 amide bonds. The summed E-state index contributed by atoms with van der Waals surface area (Å²) in [6.07, 6.45) is 2.85. The molecule has 166 valence electrons. The Morgan fingerprint density at radius 3 is 2.68 bits per heavy atom. The minimum Gasteiger partial charge on any atom is -0.496 e. The predicted octanol–water partition coefficient (Wildman–Crippen LogP) is 4.71. The van der Waals surface area contributed by atoms with E-state index < -0.39 is 0 Å². The number of rotatable bonds is 8. The van der Waals surface area contributed by atoms with Crippen molar-refractivity contribution in [3.63, 3.8) is 0 Å². The smallest absolute Gasteiger partial charge is 0.225 e. The summed E-state index contributed by atoms with van der Waals surface area (Å²) in [6, 6.07) is 13.7. The average Bonchev–Trinajstić information content (AvgIpc) is 2.77. The first-order valence-corrected chi connectivity index (χ1v) is 11.2. The zero-order valence-corrected chi connectivity index (χ0v) is 19.1. The molecule has 5 nitrogen and oxygen atoms in total. The molecule has 1 fully saturated rings. The number of carbonyl (C=O) groups is 2. The highest BCUT2D eigenvalue weighted by Crippen LogP contribution is 2.40. The molecule has 31 heavy (non-hydrogen) atoms. The number of methoxy groups -OCH3 is 1. The molecule has 1 aliphatic rings. The van der Waals surface area contributed by atoms with Crippen LogP contribution in [0.4, 0.5) is 0 Å². The van der Waals surface area contributed by atoms with E-state index in [-0.39, 0.29) is 23.8 Å². The molecule has 1 aliphatic heterocycles. The van der Waals surface area contributed by atoms with Gasteiger partial charge in [-0.2, -0.15) is 0 Å². The summed E-state index contributed by atoms with van der Waals surface area (Å²) < 4.78 is 5.60. The number of amides is 2. The predicted molar refractivity (Wildman–Crippen MR) is 123 cm³/mol. The second-order valence-corrected chi connectivity index (χ2v) is 8.42. The first-order valence-electron chi connectivity index (χ1n) is 11.2. The van der Waals surface area contributed by atoms with E-state index in [1.807, 2.05) is 29.2 Å². The fourth-order valence-electron chi connectivity index (χ4n) is 4.47. The highest BCUT2D eigenvalue weighted by Gasteiger charge is 2.41. The molecule has 0 aromatic heterocycles. The highest BCUT2D eigenvalue weighted by molar-refractivity contribution is 5.85. The average molecular weight is 423 g/mol. The van der Waals surface area contributed by atoms with Crippen LogP contribution < -0.4 is 10.1 Å². The van der Waals surface area contributed by atoms with Crippen LogP contribution >= 0.6 is 0 Å². The molecule has 5 heteroatoms. The van der Waals surface area contributed by atoms with Gasteiger partial charge in [-0.05, 0) is 43.9 Å². The molecule has 3 rings (SSSR count). The van der Waals surface area contributed by atoms with Gasteiger partial charge in [0, 0.05) is 25.1 Å². The van der Waals surface area contributed by atoms with Crippen LogP contribution in [0.2, 0.25) is 0 Å². The van der Waals surface area contributed by atoms with Crippen molar-refractivity contribution in [3.8, 4) is 5.75 Å². The Kier molecular flexibility index (Phi) is 7.72. The number of para-hydroxylation sites is 1. The number of hydrogen-bond acceptors (Lipinski definition) is 3. The third-order valence-corrected chi connectivity index (χ3v) is 6.20. The van der Waals surface area contributed by atoms with Crippen molar-refractivity contribution in [2.24, 2.45) is 5.92 Å². The molecule has 1 N–H and O–H groups in total. The zero-order valence-electron chi connectivity index (χ0n) is 19.1. The number of unbranched alkanes of at least 4 members (excludes halogenated alkanes) is 1. The second-order valence-electron chi connectivity index (χ2n) is 8.42. The molecule has 2 aromatic rings. The van der Waals surface area contributed by atoms with Gasteiger partial charge in [0.05, 0.1) is 19.1 Å². The van der Waals surface area contributed by atoms with Gasteiger partial charge < -0.3 is 15.0 Å². The van der Waals surface area contributed by atoms with Crippen molar-refractivity contribution in [2.45, 2.75) is 59.0 Å². The number of ether oxygens (including phenoxy) is 1. The molecule has 0 radical (unpaired) electrons. The third kappa shape index (κ3) is 5.27. The van der Waals surface area contributed by atoms with Crippen LogP contribution in [-0.2, 0) is 16.1 Å². The minimum atomic E-state index is -0.317. The molecule has 1 saturated heterocycles. The van der Waals surface area contributed by atoms with Crippen molar-refractivity contribution < 1.29 is 14.3 Å². The molecule has 1 heterocycles. The Labute approximate surface area is 185 Å². The van der Waals surface area contributed by atoms with Crippen LogP contribution in [0.3, 0.4) is 0 Å². The number of benzene rings is 2. The zero-order chi connectivity index (χ0) is 22.4. The van der Waals surface area contributed by atoms with Crippen LogP contribution in [-0.4, -0.2) is 30.4 Å². The lowest BCUT2D eigenvalue weighted by Gasteiger charge is -2.41. The van der Waals surface area contributed by atoms with Gasteiger partial charge in [0.1, 0.15) is 5.75 Å². The summed E-state index contributed by atoms with van der Waals surface area (Å²) in [7, 11) is 1.63. The lowest BCUT2D eigenvalue weighted by atomic mass is 9.83. The van der Waals surface area contributed by atoms with Crippen molar-refractivity contribution in [1.82, 2.24) is 10.2 Å². The van der Waals surface area contributed by atoms with E-state index in [4.69, 9.17) is 4.74 Å². The van der Waals surface area contributed by atoms with Crippen LogP contribution in [0.5, 0.6) is 5.75 Å². The van der Waals surface area contributed by atoms with Crippen molar-refractivity contribution >= 4 is 11.8 Å². The van der Waals surface area contributed by atoms with Gasteiger partial charge in [0.15, 0.2) is 0 Å². The standard InChI is InChI=1S/C26H34N2O3/c1-5-6-15-28-24(29)14-13-22(25(28)21-9-7-8-10-23(21)31-4)26(30)27-17-20-12-11-18(2)16-19(20)3/h7-12,16,22,25H,5-6,13-15,17H2,1-4H3,(H,27,30). The molecule has 0 bridgehead atoms. The minimum absolute atomic E-state index is 0.00937. The Morgan fingerprint density at radius 2 is 1.97 bits per heavy atom. The first-order chi connectivity index (χ1) is 15.0. The van der Waals surface area contributed by atoms with Gasteiger partial charge in [-0.25, -0.2) is 0 Å².